The van der Waals surface area contributed by atoms with E-state index in [1.165, 1.54) is 0 Å². The SMILES string of the molecule is [C-]#[N+]c1ccc(OC2C(C)(C)C(NC(=O)c3cnc(N4CCC(CN5Cc6cc7c(cc6C5)C(=O)N(C5CCC(=O)NC5=O)C7=O)CC4)nc3)C2(C)C)cc1Cl. The Kier molecular flexibility index (Phi) is 9.36. The summed E-state index contributed by atoms with van der Waals surface area (Å²) in [6.45, 7) is 19.2. The fourth-order valence-corrected chi connectivity index (χ4v) is 9.86. The van der Waals surface area contributed by atoms with Gasteiger partial charge in [0.25, 0.3) is 17.7 Å². The summed E-state index contributed by atoms with van der Waals surface area (Å²) in [6, 6.07) is 7.49. The molecule has 0 spiro atoms. The second-order valence-corrected chi connectivity index (χ2v) is 17.2. The van der Waals surface area contributed by atoms with Crippen molar-refractivity contribution in [3.05, 3.63) is 87.0 Å². The highest BCUT2D eigenvalue weighted by atomic mass is 35.5. The summed E-state index contributed by atoms with van der Waals surface area (Å²) < 4.78 is 6.36. The zero-order valence-electron chi connectivity index (χ0n) is 31.7. The Balaban J connectivity index is 0.822. The Bertz CT molecular complexity index is 2150. The average molecular weight is 779 g/mol. The molecular formula is C41H43ClN8O6. The zero-order chi connectivity index (χ0) is 39.7. The summed E-state index contributed by atoms with van der Waals surface area (Å²) in [6.07, 6.45) is 5.05. The molecule has 2 saturated heterocycles. The predicted molar refractivity (Wildman–Crippen MR) is 205 cm³/mol. The molecule has 1 unspecified atom stereocenters. The van der Waals surface area contributed by atoms with Crippen LogP contribution in [0.3, 0.4) is 0 Å². The molecule has 2 aromatic carbocycles. The molecule has 8 rings (SSSR count). The van der Waals surface area contributed by atoms with E-state index in [1.54, 1.807) is 42.7 Å². The van der Waals surface area contributed by atoms with Crippen LogP contribution in [0.4, 0.5) is 11.6 Å². The van der Waals surface area contributed by atoms with Gasteiger partial charge in [-0.3, -0.25) is 39.1 Å². The standard InChI is InChI=1S/C41H43ClN8O6/c1-40(2)37(41(3,4)38(40)56-26-6-7-30(43-5)29(42)16-26)47-33(52)25-17-44-39(45-18-25)49-12-10-22(11-13-49)19-48-20-23-14-27-28(15-24(23)21-48)36(55)50(35(27)54)31-8-9-32(51)46-34(31)53/h6-7,14-18,22,31,37-38H,8-13,19-21H2,1-4H3,(H,47,52)(H,46,51,53). The minimum Gasteiger partial charge on any atom is -0.489 e. The molecule has 0 bridgehead atoms. The van der Waals surface area contributed by atoms with Crippen LogP contribution in [0.5, 0.6) is 5.75 Å². The second-order valence-electron chi connectivity index (χ2n) is 16.8. The monoisotopic (exact) mass is 778 g/mol. The van der Waals surface area contributed by atoms with Crippen LogP contribution in [-0.2, 0) is 22.7 Å². The number of piperidine rings is 2. The smallest absolute Gasteiger partial charge is 0.262 e. The molecule has 5 amide bonds. The number of ether oxygens (including phenoxy) is 1. The van der Waals surface area contributed by atoms with Crippen molar-refractivity contribution < 1.29 is 28.7 Å². The maximum atomic E-state index is 13.4. The van der Waals surface area contributed by atoms with Crippen molar-refractivity contribution >= 4 is 52.8 Å². The molecule has 1 atom stereocenters. The number of hydrogen-bond acceptors (Lipinski definition) is 10. The Morgan fingerprint density at radius 3 is 2.16 bits per heavy atom. The number of fused-ring (bicyclic) bond motifs is 2. The molecule has 1 saturated carbocycles. The molecule has 4 aliphatic heterocycles. The number of amides is 5. The number of carbonyl (C=O) groups is 5. The third-order valence-corrected chi connectivity index (χ3v) is 12.6. The molecule has 56 heavy (non-hydrogen) atoms. The highest BCUT2D eigenvalue weighted by Gasteiger charge is 2.64. The van der Waals surface area contributed by atoms with Crippen molar-refractivity contribution in [2.75, 3.05) is 24.5 Å². The molecule has 290 valence electrons. The molecule has 2 N–H and O–H groups in total. The first kappa shape index (κ1) is 37.5. The third-order valence-electron chi connectivity index (χ3n) is 12.3. The van der Waals surface area contributed by atoms with Crippen LogP contribution in [0.2, 0.25) is 5.02 Å². The number of nitrogens with one attached hydrogen (secondary N) is 2. The molecule has 3 fully saturated rings. The maximum Gasteiger partial charge on any atom is 0.262 e. The Hall–Kier alpha value is -5.39. The van der Waals surface area contributed by atoms with Crippen molar-refractivity contribution in [2.24, 2.45) is 16.7 Å². The summed E-state index contributed by atoms with van der Waals surface area (Å²) in [5.74, 6) is -0.611. The van der Waals surface area contributed by atoms with Gasteiger partial charge in [-0.05, 0) is 60.6 Å². The van der Waals surface area contributed by atoms with E-state index in [-0.39, 0.29) is 30.9 Å². The number of rotatable bonds is 8. The second kappa shape index (κ2) is 14.0. The van der Waals surface area contributed by atoms with Crippen molar-refractivity contribution in [3.63, 3.8) is 0 Å². The van der Waals surface area contributed by atoms with Gasteiger partial charge in [-0.1, -0.05) is 45.4 Å². The van der Waals surface area contributed by atoms with Crippen molar-refractivity contribution in [1.29, 1.82) is 0 Å². The van der Waals surface area contributed by atoms with E-state index >= 15 is 0 Å². The van der Waals surface area contributed by atoms with Crippen LogP contribution in [-0.4, -0.2) is 87.1 Å². The number of halogens is 1. The molecule has 1 aromatic heterocycles. The molecule has 5 heterocycles. The van der Waals surface area contributed by atoms with Crippen LogP contribution in [0.15, 0.2) is 42.7 Å². The average Bonchev–Trinajstić information content (AvgIpc) is 3.67. The van der Waals surface area contributed by atoms with Crippen molar-refractivity contribution in [2.45, 2.75) is 84.7 Å². The third kappa shape index (κ3) is 6.46. The van der Waals surface area contributed by atoms with Gasteiger partial charge in [0.15, 0.2) is 0 Å². The van der Waals surface area contributed by atoms with Gasteiger partial charge in [-0.2, -0.15) is 0 Å². The predicted octanol–water partition coefficient (Wildman–Crippen LogP) is 4.93. The number of benzene rings is 2. The number of carbonyl (C=O) groups excluding carboxylic acids is 5. The van der Waals surface area contributed by atoms with E-state index in [9.17, 15) is 24.0 Å². The van der Waals surface area contributed by atoms with Crippen LogP contribution in [0, 0.1) is 23.3 Å². The molecule has 1 aliphatic carbocycles. The van der Waals surface area contributed by atoms with E-state index in [0.717, 1.165) is 48.5 Å². The van der Waals surface area contributed by atoms with Crippen LogP contribution in [0.1, 0.15) is 95.6 Å². The summed E-state index contributed by atoms with van der Waals surface area (Å²) >= 11 is 6.24. The molecule has 14 nitrogen and oxygen atoms in total. The maximum absolute atomic E-state index is 13.4. The van der Waals surface area contributed by atoms with Gasteiger partial charge in [0.1, 0.15) is 17.9 Å². The molecular weight excluding hydrogens is 736 g/mol. The molecule has 15 heteroatoms. The Morgan fingerprint density at radius 2 is 1.59 bits per heavy atom. The Morgan fingerprint density at radius 1 is 0.964 bits per heavy atom. The van der Waals surface area contributed by atoms with Gasteiger partial charge in [0, 0.05) is 68.4 Å². The van der Waals surface area contributed by atoms with Gasteiger partial charge >= 0.3 is 0 Å². The zero-order valence-corrected chi connectivity index (χ0v) is 32.5. The quantitative estimate of drug-likeness (QED) is 0.238. The van der Waals surface area contributed by atoms with Gasteiger partial charge in [-0.25, -0.2) is 14.8 Å². The number of hydrogen-bond donors (Lipinski definition) is 2. The largest absolute Gasteiger partial charge is 0.489 e. The van der Waals surface area contributed by atoms with Gasteiger partial charge in [0.2, 0.25) is 23.5 Å². The van der Waals surface area contributed by atoms with Crippen LogP contribution < -0.4 is 20.3 Å². The fraction of sp³-hybridized carbons (Fsp3) is 0.463. The number of imide groups is 2. The molecule has 3 aromatic rings. The number of nitrogens with zero attached hydrogens (tertiary/aromatic N) is 6. The van der Waals surface area contributed by atoms with E-state index in [1.807, 2.05) is 0 Å². The summed E-state index contributed by atoms with van der Waals surface area (Å²) in [4.78, 5) is 82.1. The van der Waals surface area contributed by atoms with Crippen molar-refractivity contribution in [1.82, 2.24) is 30.4 Å². The fourth-order valence-electron chi connectivity index (χ4n) is 9.65. The van der Waals surface area contributed by atoms with Crippen molar-refractivity contribution in [3.8, 4) is 5.75 Å². The minimum atomic E-state index is -0.975. The first-order valence-electron chi connectivity index (χ1n) is 19.0. The first-order chi connectivity index (χ1) is 26.6. The lowest BCUT2D eigenvalue weighted by Gasteiger charge is -2.63. The van der Waals surface area contributed by atoms with E-state index in [4.69, 9.17) is 22.9 Å². The van der Waals surface area contributed by atoms with Gasteiger partial charge in [0.05, 0.1) is 28.3 Å². The normalized spacial score (nSPS) is 24.2. The topological polar surface area (TPSA) is 158 Å². The summed E-state index contributed by atoms with van der Waals surface area (Å²) in [5.41, 5.74) is 2.62. The lowest BCUT2D eigenvalue weighted by atomic mass is 9.49. The number of aromatic nitrogens is 2. The van der Waals surface area contributed by atoms with Gasteiger partial charge in [-0.15, -0.1) is 0 Å². The van der Waals surface area contributed by atoms with Gasteiger partial charge < -0.3 is 15.0 Å². The highest BCUT2D eigenvalue weighted by molar-refractivity contribution is 6.33. The first-order valence-corrected chi connectivity index (χ1v) is 19.3. The van der Waals surface area contributed by atoms with Crippen LogP contribution in [0.25, 0.3) is 4.85 Å². The lowest BCUT2D eigenvalue weighted by molar-refractivity contribution is -0.164. The molecule has 5 aliphatic rings. The van der Waals surface area contributed by atoms with E-state index < -0.39 is 40.5 Å². The minimum absolute atomic E-state index is 0.0872. The van der Waals surface area contributed by atoms with Crippen LogP contribution >= 0.6 is 11.6 Å². The Labute approximate surface area is 329 Å². The summed E-state index contributed by atoms with van der Waals surface area (Å²) in [5, 5.41) is 5.78. The highest BCUT2D eigenvalue weighted by Crippen LogP contribution is 2.55. The van der Waals surface area contributed by atoms with E-state index in [0.29, 0.717) is 58.1 Å². The van der Waals surface area contributed by atoms with E-state index in [2.05, 4.69) is 62.9 Å². The number of anilines is 1. The lowest BCUT2D eigenvalue weighted by Crippen LogP contribution is -2.74. The summed E-state index contributed by atoms with van der Waals surface area (Å²) in [7, 11) is 0. The molecule has 0 radical (unpaired) electrons.